The largest absolute Gasteiger partial charge is 0.115 e. The Morgan fingerprint density at radius 1 is 0.704 bits per heavy atom. The second-order valence-corrected chi connectivity index (χ2v) is 20.6. The first-order valence-electron chi connectivity index (χ1n) is 10.4. The molecule has 1 aliphatic heterocycles. The van der Waals surface area contributed by atoms with Gasteiger partial charge in [0.25, 0.3) is 0 Å². The van der Waals surface area contributed by atoms with E-state index in [0.717, 1.165) is 11.1 Å². The van der Waals surface area contributed by atoms with Crippen LogP contribution in [0.25, 0.3) is 27.6 Å². The molecule has 0 N–H and O–H groups in total. The van der Waals surface area contributed by atoms with E-state index in [0.29, 0.717) is 0 Å². The second-order valence-electron chi connectivity index (χ2n) is 9.97. The maximum Gasteiger partial charge on any atom is 0.115 e. The summed E-state index contributed by atoms with van der Waals surface area (Å²) in [6.45, 7) is 17.6. The average molecular weight is 389 g/mol. The van der Waals surface area contributed by atoms with Gasteiger partial charge in [-0.05, 0) is 61.6 Å². The van der Waals surface area contributed by atoms with E-state index in [-0.39, 0.29) is 0 Å². The van der Waals surface area contributed by atoms with Crippen LogP contribution in [0.1, 0.15) is 33.3 Å². The van der Waals surface area contributed by atoms with Gasteiger partial charge in [-0.1, -0.05) is 88.6 Å². The summed E-state index contributed by atoms with van der Waals surface area (Å²) in [7, 11) is -3.12. The minimum Gasteiger partial charge on any atom is -0.0851 e. The van der Waals surface area contributed by atoms with E-state index in [2.05, 4.69) is 102 Å². The van der Waals surface area contributed by atoms with Crippen LogP contribution in [0.3, 0.4) is 0 Å². The molecule has 0 nitrogen and oxygen atoms in total. The third kappa shape index (κ3) is 2.68. The number of hydrogen-bond donors (Lipinski definition) is 0. The first-order chi connectivity index (χ1) is 12.7. The fourth-order valence-corrected chi connectivity index (χ4v) is 18.9. The molecular formula is C25H32Si2. The summed E-state index contributed by atoms with van der Waals surface area (Å²) in [5, 5.41) is 7.19. The zero-order valence-electron chi connectivity index (χ0n) is 17.9. The van der Waals surface area contributed by atoms with Crippen LogP contribution >= 0.6 is 0 Å². The molecule has 1 aliphatic rings. The maximum atomic E-state index is 2.63. The molecule has 0 aliphatic carbocycles. The SMILES string of the molecule is CC(C)[Si]1(C(C)C)C([Si](C)(C)C)=Cc2cc3cc4ccccc4cc3cc21. The van der Waals surface area contributed by atoms with Gasteiger partial charge in [-0.3, -0.25) is 0 Å². The molecule has 0 fully saturated rings. The smallest absolute Gasteiger partial charge is 0.0851 e. The maximum absolute atomic E-state index is 2.63. The van der Waals surface area contributed by atoms with E-state index in [1.54, 1.807) is 5.19 Å². The van der Waals surface area contributed by atoms with Crippen LogP contribution in [-0.4, -0.2) is 16.1 Å². The van der Waals surface area contributed by atoms with Gasteiger partial charge in [-0.25, -0.2) is 0 Å². The predicted octanol–water partition coefficient (Wildman–Crippen LogP) is 7.28. The lowest BCUT2D eigenvalue weighted by Gasteiger charge is -2.44. The molecule has 0 unspecified atom stereocenters. The lowest BCUT2D eigenvalue weighted by Crippen LogP contribution is -2.58. The van der Waals surface area contributed by atoms with E-state index in [4.69, 9.17) is 0 Å². The summed E-state index contributed by atoms with van der Waals surface area (Å²) in [5.41, 5.74) is 2.98. The average Bonchev–Trinajstić information content (AvgIpc) is 2.93. The summed E-state index contributed by atoms with van der Waals surface area (Å²) in [6, 6.07) is 18.6. The predicted molar refractivity (Wildman–Crippen MR) is 128 cm³/mol. The molecule has 0 saturated carbocycles. The molecule has 0 bridgehead atoms. The fraction of sp³-hybridized carbons (Fsp3) is 0.360. The lowest BCUT2D eigenvalue weighted by molar-refractivity contribution is 0.925. The molecule has 27 heavy (non-hydrogen) atoms. The minimum absolute atomic E-state index is 0.731. The molecule has 3 aromatic carbocycles. The van der Waals surface area contributed by atoms with E-state index < -0.39 is 16.1 Å². The Kier molecular flexibility index (Phi) is 4.28. The third-order valence-electron chi connectivity index (χ3n) is 6.69. The number of hydrogen-bond acceptors (Lipinski definition) is 0. The Morgan fingerprint density at radius 3 is 1.70 bits per heavy atom. The standard InChI is InChI=1S/C25H32Si2/c1-17(2)27(18(3)4)24-15-22-13-20-11-9-8-10-19(20)12-21(22)14-23(24)16-25(27)26(5,6)7/h8-18H,1-7H3. The van der Waals surface area contributed by atoms with Crippen LogP contribution in [0.5, 0.6) is 0 Å². The highest BCUT2D eigenvalue weighted by molar-refractivity contribution is 7.15. The fourth-order valence-electron chi connectivity index (χ4n) is 5.66. The van der Waals surface area contributed by atoms with Crippen LogP contribution < -0.4 is 5.19 Å². The number of benzene rings is 3. The molecule has 0 amide bonds. The van der Waals surface area contributed by atoms with Crippen molar-refractivity contribution in [2.75, 3.05) is 0 Å². The van der Waals surface area contributed by atoms with Gasteiger partial charge >= 0.3 is 0 Å². The first kappa shape index (κ1) is 18.7. The zero-order valence-corrected chi connectivity index (χ0v) is 19.9. The van der Waals surface area contributed by atoms with Crippen molar-refractivity contribution in [3.05, 3.63) is 58.9 Å². The monoisotopic (exact) mass is 388 g/mol. The van der Waals surface area contributed by atoms with Crippen LogP contribution in [0, 0.1) is 0 Å². The van der Waals surface area contributed by atoms with E-state index >= 15 is 0 Å². The van der Waals surface area contributed by atoms with Crippen molar-refractivity contribution in [3.8, 4) is 0 Å². The van der Waals surface area contributed by atoms with Crippen molar-refractivity contribution in [3.63, 3.8) is 0 Å². The Labute approximate surface area is 166 Å². The molecule has 140 valence electrons. The normalized spacial score (nSPS) is 16.4. The van der Waals surface area contributed by atoms with Crippen molar-refractivity contribution < 1.29 is 0 Å². The van der Waals surface area contributed by atoms with Gasteiger partial charge in [0, 0.05) is 0 Å². The molecule has 0 radical (unpaired) electrons. The molecule has 4 rings (SSSR count). The number of rotatable bonds is 3. The highest BCUT2D eigenvalue weighted by atomic mass is 28.4. The van der Waals surface area contributed by atoms with Crippen molar-refractivity contribution in [1.29, 1.82) is 0 Å². The van der Waals surface area contributed by atoms with E-state index in [9.17, 15) is 0 Å². The minimum atomic E-state index is -1.73. The summed E-state index contributed by atoms with van der Waals surface area (Å²) in [4.78, 5) is 1.87. The molecular weight excluding hydrogens is 356 g/mol. The topological polar surface area (TPSA) is 0 Å². The van der Waals surface area contributed by atoms with Crippen LogP contribution in [0.4, 0.5) is 0 Å². The van der Waals surface area contributed by atoms with Gasteiger partial charge in [-0.15, -0.1) is 0 Å². The van der Waals surface area contributed by atoms with Crippen LogP contribution in [0.2, 0.25) is 30.7 Å². The Hall–Kier alpha value is -1.65. The van der Waals surface area contributed by atoms with Crippen molar-refractivity contribution in [2.24, 2.45) is 0 Å². The highest BCUT2D eigenvalue weighted by Crippen LogP contribution is 2.47. The molecule has 3 aromatic rings. The van der Waals surface area contributed by atoms with Crippen LogP contribution in [0.15, 0.2) is 53.4 Å². The Balaban J connectivity index is 2.07. The summed E-state index contributed by atoms with van der Waals surface area (Å²) in [5.74, 6) is 0. The van der Waals surface area contributed by atoms with Gasteiger partial charge in [0.2, 0.25) is 0 Å². The molecule has 0 atom stereocenters. The van der Waals surface area contributed by atoms with Gasteiger partial charge in [0.05, 0.1) is 8.07 Å². The third-order valence-corrected chi connectivity index (χ3v) is 17.9. The van der Waals surface area contributed by atoms with E-state index in [1.807, 2.05) is 4.82 Å². The lowest BCUT2D eigenvalue weighted by atomic mass is 10.0. The molecule has 0 saturated heterocycles. The van der Waals surface area contributed by atoms with Gasteiger partial charge in [0.15, 0.2) is 0 Å². The van der Waals surface area contributed by atoms with Gasteiger partial charge in [-0.2, -0.15) is 0 Å². The van der Waals surface area contributed by atoms with Crippen molar-refractivity contribution >= 4 is 49.0 Å². The van der Waals surface area contributed by atoms with Crippen molar-refractivity contribution in [1.82, 2.24) is 0 Å². The summed E-state index contributed by atoms with van der Waals surface area (Å²) < 4.78 is 0. The van der Waals surface area contributed by atoms with Crippen LogP contribution in [-0.2, 0) is 0 Å². The Bertz CT molecular complexity index is 1060. The van der Waals surface area contributed by atoms with Crippen molar-refractivity contribution in [2.45, 2.75) is 58.4 Å². The van der Waals surface area contributed by atoms with E-state index in [1.165, 1.54) is 27.1 Å². The Morgan fingerprint density at radius 2 is 1.22 bits per heavy atom. The highest BCUT2D eigenvalue weighted by Gasteiger charge is 2.52. The number of fused-ring (bicyclic) bond motifs is 3. The first-order valence-corrected chi connectivity index (χ1v) is 16.0. The molecule has 1 heterocycles. The zero-order chi connectivity index (χ0) is 19.6. The molecule has 2 heteroatoms. The summed E-state index contributed by atoms with van der Waals surface area (Å²) >= 11 is 0. The van der Waals surface area contributed by atoms with Gasteiger partial charge in [0.1, 0.15) is 8.07 Å². The summed E-state index contributed by atoms with van der Waals surface area (Å²) in [6.07, 6.45) is 2.63. The second kappa shape index (κ2) is 6.18. The molecule has 0 aromatic heterocycles. The quantitative estimate of drug-likeness (QED) is 0.326. The van der Waals surface area contributed by atoms with Gasteiger partial charge < -0.3 is 0 Å². The molecule has 0 spiro atoms.